The lowest BCUT2D eigenvalue weighted by atomic mass is 10.1. The summed E-state index contributed by atoms with van der Waals surface area (Å²) in [6.45, 7) is 3.68. The van der Waals surface area contributed by atoms with E-state index < -0.39 is 0 Å². The van der Waals surface area contributed by atoms with E-state index in [0.717, 1.165) is 11.1 Å². The van der Waals surface area contributed by atoms with Crippen molar-refractivity contribution in [2.75, 3.05) is 5.32 Å². The Bertz CT molecular complexity index is 702. The number of hydrogen-bond donors (Lipinski definition) is 1. The number of anilines is 1. The largest absolute Gasteiger partial charge is 0.487 e. The second-order valence-corrected chi connectivity index (χ2v) is 4.74. The van der Waals surface area contributed by atoms with Crippen molar-refractivity contribution < 1.29 is 9.53 Å². The third kappa shape index (κ3) is 3.83. The van der Waals surface area contributed by atoms with Gasteiger partial charge in [0.15, 0.2) is 0 Å². The van der Waals surface area contributed by atoms with Crippen LogP contribution in [-0.4, -0.2) is 5.91 Å². The van der Waals surface area contributed by atoms with Gasteiger partial charge in [0.2, 0.25) is 5.91 Å². The van der Waals surface area contributed by atoms with Gasteiger partial charge < -0.3 is 10.1 Å². The second kappa shape index (κ2) is 6.58. The normalized spacial score (nSPS) is 9.76. The van der Waals surface area contributed by atoms with Gasteiger partial charge in [-0.15, -0.1) is 0 Å². The summed E-state index contributed by atoms with van der Waals surface area (Å²) in [7, 11) is 0. The molecule has 0 radical (unpaired) electrons. The van der Waals surface area contributed by atoms with Crippen molar-refractivity contribution in [3.05, 3.63) is 59.2 Å². The maximum atomic E-state index is 11.2. The number of benzene rings is 2. The summed E-state index contributed by atoms with van der Waals surface area (Å²) >= 11 is 0. The van der Waals surface area contributed by atoms with Crippen molar-refractivity contribution in [2.24, 2.45) is 0 Å². The molecule has 0 unspecified atom stereocenters. The average Bonchev–Trinajstić information content (AvgIpc) is 2.47. The molecule has 4 nitrogen and oxygen atoms in total. The molecule has 0 aromatic heterocycles. The summed E-state index contributed by atoms with van der Waals surface area (Å²) in [4.78, 5) is 11.2. The van der Waals surface area contributed by atoms with Crippen LogP contribution in [-0.2, 0) is 11.4 Å². The number of nitrogens with one attached hydrogen (secondary N) is 1. The molecule has 0 spiro atoms. The van der Waals surface area contributed by atoms with Crippen LogP contribution in [0.15, 0.2) is 42.5 Å². The molecule has 0 fully saturated rings. The maximum Gasteiger partial charge on any atom is 0.221 e. The molecule has 0 saturated carbocycles. The minimum Gasteiger partial charge on any atom is -0.487 e. The Kier molecular flexibility index (Phi) is 4.57. The molecular formula is C17H16N2O2. The summed E-state index contributed by atoms with van der Waals surface area (Å²) < 4.78 is 5.78. The molecule has 2 aromatic rings. The van der Waals surface area contributed by atoms with Crippen molar-refractivity contribution in [3.8, 4) is 11.8 Å². The number of amides is 1. The first-order chi connectivity index (χ1) is 10.1. The highest BCUT2D eigenvalue weighted by Crippen LogP contribution is 2.27. The highest BCUT2D eigenvalue weighted by atomic mass is 16.5. The Hall–Kier alpha value is -2.80. The molecule has 1 amide bonds. The van der Waals surface area contributed by atoms with Gasteiger partial charge >= 0.3 is 0 Å². The number of nitriles is 1. The number of rotatable bonds is 4. The van der Waals surface area contributed by atoms with Crippen molar-refractivity contribution in [1.29, 1.82) is 5.26 Å². The van der Waals surface area contributed by atoms with Crippen molar-refractivity contribution in [1.82, 2.24) is 0 Å². The van der Waals surface area contributed by atoms with Gasteiger partial charge in [0.05, 0.1) is 17.3 Å². The van der Waals surface area contributed by atoms with E-state index in [2.05, 4.69) is 11.4 Å². The van der Waals surface area contributed by atoms with E-state index in [1.807, 2.05) is 43.3 Å². The fourth-order valence-electron chi connectivity index (χ4n) is 1.95. The van der Waals surface area contributed by atoms with Crippen molar-refractivity contribution in [2.45, 2.75) is 20.5 Å². The summed E-state index contributed by atoms with van der Waals surface area (Å²) in [5, 5.41) is 11.8. The molecule has 106 valence electrons. The smallest absolute Gasteiger partial charge is 0.221 e. The van der Waals surface area contributed by atoms with Gasteiger partial charge in [-0.25, -0.2) is 0 Å². The highest BCUT2D eigenvalue weighted by Gasteiger charge is 2.07. The van der Waals surface area contributed by atoms with E-state index in [-0.39, 0.29) is 12.5 Å². The van der Waals surface area contributed by atoms with Crippen LogP contribution in [0.2, 0.25) is 0 Å². The molecule has 0 aliphatic heterocycles. The van der Waals surface area contributed by atoms with Crippen LogP contribution in [0.25, 0.3) is 0 Å². The van der Waals surface area contributed by atoms with Gasteiger partial charge in [0, 0.05) is 12.5 Å². The third-order valence-corrected chi connectivity index (χ3v) is 2.97. The predicted octanol–water partition coefficient (Wildman–Crippen LogP) is 3.40. The Labute approximate surface area is 124 Å². The van der Waals surface area contributed by atoms with Gasteiger partial charge in [0.25, 0.3) is 0 Å². The number of hydrogen-bond acceptors (Lipinski definition) is 3. The van der Waals surface area contributed by atoms with E-state index in [4.69, 9.17) is 10.00 Å². The molecule has 0 aliphatic carbocycles. The lowest BCUT2D eigenvalue weighted by Crippen LogP contribution is -2.08. The zero-order valence-corrected chi connectivity index (χ0v) is 12.0. The average molecular weight is 280 g/mol. The topological polar surface area (TPSA) is 62.1 Å². The number of carbonyl (C=O) groups is 1. The van der Waals surface area contributed by atoms with E-state index in [0.29, 0.717) is 17.0 Å². The summed E-state index contributed by atoms with van der Waals surface area (Å²) in [5.74, 6) is 0.444. The molecule has 2 aromatic carbocycles. The molecule has 21 heavy (non-hydrogen) atoms. The molecule has 0 aliphatic rings. The molecule has 4 heteroatoms. The fourth-order valence-corrected chi connectivity index (χ4v) is 1.95. The van der Waals surface area contributed by atoms with Gasteiger partial charge in [-0.1, -0.05) is 24.3 Å². The monoisotopic (exact) mass is 280 g/mol. The maximum absolute atomic E-state index is 11.2. The number of carbonyl (C=O) groups excluding carboxylic acids is 1. The molecule has 2 rings (SSSR count). The Morgan fingerprint density at radius 1 is 1.29 bits per heavy atom. The second-order valence-electron chi connectivity index (χ2n) is 4.74. The molecule has 1 N–H and O–H groups in total. The van der Waals surface area contributed by atoms with Crippen LogP contribution in [0.5, 0.6) is 5.75 Å². The van der Waals surface area contributed by atoms with Gasteiger partial charge in [-0.2, -0.15) is 5.26 Å². The first-order valence-corrected chi connectivity index (χ1v) is 6.59. The van der Waals surface area contributed by atoms with Gasteiger partial charge in [-0.05, 0) is 30.7 Å². The molecule has 0 heterocycles. The van der Waals surface area contributed by atoms with Crippen LogP contribution in [0.1, 0.15) is 23.6 Å². The lowest BCUT2D eigenvalue weighted by molar-refractivity contribution is -0.114. The van der Waals surface area contributed by atoms with Gasteiger partial charge in [0.1, 0.15) is 12.4 Å². The van der Waals surface area contributed by atoms with Gasteiger partial charge in [-0.3, -0.25) is 4.79 Å². The number of ether oxygens (including phenoxy) is 1. The summed E-state index contributed by atoms with van der Waals surface area (Å²) in [6.07, 6.45) is 0. The van der Waals surface area contributed by atoms with Crippen LogP contribution in [0, 0.1) is 18.3 Å². The fraction of sp³-hybridized carbons (Fsp3) is 0.176. The first kappa shape index (κ1) is 14.6. The SMILES string of the molecule is CC(=O)Nc1ccc(C)cc1OCc1ccccc1C#N. The van der Waals surface area contributed by atoms with Crippen molar-refractivity contribution in [3.63, 3.8) is 0 Å². The predicted molar refractivity (Wildman–Crippen MR) is 81.0 cm³/mol. The number of nitrogens with zero attached hydrogens (tertiary/aromatic N) is 1. The number of aryl methyl sites for hydroxylation is 1. The van der Waals surface area contributed by atoms with Crippen LogP contribution in [0.4, 0.5) is 5.69 Å². The highest BCUT2D eigenvalue weighted by molar-refractivity contribution is 5.90. The van der Waals surface area contributed by atoms with E-state index >= 15 is 0 Å². The summed E-state index contributed by atoms with van der Waals surface area (Å²) in [5.41, 5.74) is 3.07. The molecule has 0 atom stereocenters. The zero-order chi connectivity index (χ0) is 15.2. The molecule has 0 saturated heterocycles. The van der Waals surface area contributed by atoms with Crippen LogP contribution >= 0.6 is 0 Å². The molecular weight excluding hydrogens is 264 g/mol. The Morgan fingerprint density at radius 2 is 2.05 bits per heavy atom. The quantitative estimate of drug-likeness (QED) is 0.933. The minimum absolute atomic E-state index is 0.152. The van der Waals surface area contributed by atoms with Crippen LogP contribution in [0.3, 0.4) is 0 Å². The minimum atomic E-state index is -0.152. The van der Waals surface area contributed by atoms with E-state index in [9.17, 15) is 4.79 Å². The van der Waals surface area contributed by atoms with E-state index in [1.165, 1.54) is 6.92 Å². The summed E-state index contributed by atoms with van der Waals surface area (Å²) in [6, 6.07) is 15.0. The lowest BCUT2D eigenvalue weighted by Gasteiger charge is -2.13. The standard InChI is InChI=1S/C17H16N2O2/c1-12-7-8-16(19-13(2)20)17(9-12)21-11-15-6-4-3-5-14(15)10-18/h3-9H,11H2,1-2H3,(H,19,20). The van der Waals surface area contributed by atoms with Crippen LogP contribution < -0.4 is 10.1 Å². The molecule has 0 bridgehead atoms. The first-order valence-electron chi connectivity index (χ1n) is 6.59. The Balaban J connectivity index is 2.21. The third-order valence-electron chi connectivity index (χ3n) is 2.97. The van der Waals surface area contributed by atoms with Crippen molar-refractivity contribution >= 4 is 11.6 Å². The zero-order valence-electron chi connectivity index (χ0n) is 12.0. The Morgan fingerprint density at radius 3 is 2.76 bits per heavy atom. The van der Waals surface area contributed by atoms with E-state index in [1.54, 1.807) is 6.07 Å².